The minimum Gasteiger partial charge on any atom is -0.493 e. The number of para-hydroxylation sites is 3. The van der Waals surface area contributed by atoms with Gasteiger partial charge in [-0.3, -0.25) is 4.79 Å². The Morgan fingerprint density at radius 1 is 1.00 bits per heavy atom. The fraction of sp³-hybridized carbons (Fsp3) is 0.100. The maximum absolute atomic E-state index is 12.0. The van der Waals surface area contributed by atoms with Crippen molar-refractivity contribution >= 4 is 23.2 Å². The average Bonchev–Trinajstić information content (AvgIpc) is 2.74. The van der Waals surface area contributed by atoms with Gasteiger partial charge in [0.25, 0.3) is 5.91 Å². The van der Waals surface area contributed by atoms with Crippen molar-refractivity contribution in [2.45, 2.75) is 0 Å². The number of nitrogens with zero attached hydrogens (tertiary/aromatic N) is 3. The number of aromatic nitrogens is 2. The fourth-order valence-electron chi connectivity index (χ4n) is 2.35. The van der Waals surface area contributed by atoms with Crippen molar-refractivity contribution in [1.82, 2.24) is 10.2 Å². The molecular weight excluding hydrogens is 358 g/mol. The standard InChI is InChI=1S/C20H17N5O3/c1-27-16-8-4-5-9-17(16)28-13-20(26)23-19-11-10-18(24-25-19)22-15-7-3-2-6-14(15)12-21/h2-11H,13H2,1H3,(H,22,24)(H,23,25,26). The number of anilines is 3. The first-order chi connectivity index (χ1) is 13.7. The molecule has 0 spiro atoms. The number of methoxy groups -OCH3 is 1. The Balaban J connectivity index is 1.56. The van der Waals surface area contributed by atoms with Crippen LogP contribution in [0.1, 0.15) is 5.56 Å². The van der Waals surface area contributed by atoms with E-state index in [0.717, 1.165) is 0 Å². The Morgan fingerprint density at radius 2 is 1.68 bits per heavy atom. The molecule has 28 heavy (non-hydrogen) atoms. The van der Waals surface area contributed by atoms with E-state index in [-0.39, 0.29) is 18.3 Å². The second-order valence-electron chi connectivity index (χ2n) is 5.57. The zero-order chi connectivity index (χ0) is 19.8. The van der Waals surface area contributed by atoms with Crippen LogP contribution in [0.2, 0.25) is 0 Å². The third-order valence-electron chi connectivity index (χ3n) is 3.67. The first-order valence-electron chi connectivity index (χ1n) is 8.35. The van der Waals surface area contributed by atoms with Gasteiger partial charge in [-0.1, -0.05) is 24.3 Å². The molecule has 0 saturated carbocycles. The molecule has 1 amide bonds. The van der Waals surface area contributed by atoms with Gasteiger partial charge in [0.1, 0.15) is 6.07 Å². The third-order valence-corrected chi connectivity index (χ3v) is 3.67. The Morgan fingerprint density at radius 3 is 2.39 bits per heavy atom. The van der Waals surface area contributed by atoms with E-state index in [9.17, 15) is 4.79 Å². The molecule has 8 nitrogen and oxygen atoms in total. The molecule has 0 aliphatic heterocycles. The second kappa shape index (κ2) is 9.00. The van der Waals surface area contributed by atoms with Gasteiger partial charge < -0.3 is 20.1 Å². The van der Waals surface area contributed by atoms with Gasteiger partial charge in [0.2, 0.25) is 0 Å². The summed E-state index contributed by atoms with van der Waals surface area (Å²) in [6, 6.07) is 19.5. The number of benzene rings is 2. The van der Waals surface area contributed by atoms with Gasteiger partial charge in [-0.15, -0.1) is 10.2 Å². The lowest BCUT2D eigenvalue weighted by Gasteiger charge is -2.10. The Labute approximate surface area is 161 Å². The van der Waals surface area contributed by atoms with Gasteiger partial charge in [0, 0.05) is 0 Å². The molecule has 1 aromatic heterocycles. The smallest absolute Gasteiger partial charge is 0.263 e. The maximum atomic E-state index is 12.0. The molecule has 0 atom stereocenters. The summed E-state index contributed by atoms with van der Waals surface area (Å²) in [7, 11) is 1.53. The lowest BCUT2D eigenvalue weighted by molar-refractivity contribution is -0.118. The average molecular weight is 375 g/mol. The summed E-state index contributed by atoms with van der Waals surface area (Å²) < 4.78 is 10.6. The molecule has 0 unspecified atom stereocenters. The summed E-state index contributed by atoms with van der Waals surface area (Å²) in [6.07, 6.45) is 0. The number of rotatable bonds is 7. The SMILES string of the molecule is COc1ccccc1OCC(=O)Nc1ccc(Nc2ccccc2C#N)nn1. The van der Waals surface area contributed by atoms with E-state index in [1.807, 2.05) is 12.1 Å². The van der Waals surface area contributed by atoms with Crippen molar-refractivity contribution in [1.29, 1.82) is 5.26 Å². The predicted molar refractivity (Wildman–Crippen MR) is 104 cm³/mol. The number of amides is 1. The summed E-state index contributed by atoms with van der Waals surface area (Å²) in [5.74, 6) is 1.37. The number of hydrogen-bond acceptors (Lipinski definition) is 7. The molecule has 8 heteroatoms. The molecule has 2 aromatic carbocycles. The lowest BCUT2D eigenvalue weighted by atomic mass is 10.2. The van der Waals surface area contributed by atoms with Crippen molar-refractivity contribution in [2.24, 2.45) is 0 Å². The lowest BCUT2D eigenvalue weighted by Crippen LogP contribution is -2.21. The van der Waals surface area contributed by atoms with E-state index >= 15 is 0 Å². The van der Waals surface area contributed by atoms with Gasteiger partial charge in [0.05, 0.1) is 18.4 Å². The molecule has 1 heterocycles. The van der Waals surface area contributed by atoms with Crippen LogP contribution in [0, 0.1) is 11.3 Å². The van der Waals surface area contributed by atoms with Crippen LogP contribution in [0.25, 0.3) is 0 Å². The topological polar surface area (TPSA) is 109 Å². The predicted octanol–water partition coefficient (Wildman–Crippen LogP) is 3.12. The minimum atomic E-state index is -0.379. The van der Waals surface area contributed by atoms with Crippen LogP contribution in [0.3, 0.4) is 0 Å². The van der Waals surface area contributed by atoms with Crippen LogP contribution in [0.5, 0.6) is 11.5 Å². The van der Waals surface area contributed by atoms with E-state index in [4.69, 9.17) is 14.7 Å². The van der Waals surface area contributed by atoms with Gasteiger partial charge >= 0.3 is 0 Å². The van der Waals surface area contributed by atoms with Crippen LogP contribution in [-0.4, -0.2) is 29.8 Å². The van der Waals surface area contributed by atoms with Crippen LogP contribution < -0.4 is 20.1 Å². The third kappa shape index (κ3) is 4.74. The second-order valence-corrected chi connectivity index (χ2v) is 5.57. The summed E-state index contributed by atoms with van der Waals surface area (Å²) in [4.78, 5) is 12.0. The van der Waals surface area contributed by atoms with E-state index < -0.39 is 0 Å². The molecule has 3 aromatic rings. The monoisotopic (exact) mass is 375 g/mol. The molecule has 2 N–H and O–H groups in total. The van der Waals surface area contributed by atoms with Crippen LogP contribution >= 0.6 is 0 Å². The molecule has 0 bridgehead atoms. The first-order valence-corrected chi connectivity index (χ1v) is 8.35. The van der Waals surface area contributed by atoms with Crippen LogP contribution in [0.4, 0.5) is 17.3 Å². The molecule has 0 fully saturated rings. The van der Waals surface area contributed by atoms with Crippen molar-refractivity contribution in [3.8, 4) is 17.6 Å². The zero-order valence-corrected chi connectivity index (χ0v) is 15.0. The summed E-state index contributed by atoms with van der Waals surface area (Å²) in [6.45, 7) is -0.197. The zero-order valence-electron chi connectivity index (χ0n) is 15.0. The first kappa shape index (κ1) is 18.7. The number of nitriles is 1. The summed E-state index contributed by atoms with van der Waals surface area (Å²) in [5, 5.41) is 22.7. The van der Waals surface area contributed by atoms with Gasteiger partial charge in [0.15, 0.2) is 29.7 Å². The van der Waals surface area contributed by atoms with E-state index in [1.54, 1.807) is 48.5 Å². The molecular formula is C20H17N5O3. The van der Waals surface area contributed by atoms with Crippen LogP contribution in [0.15, 0.2) is 60.7 Å². The number of ether oxygens (including phenoxy) is 2. The number of carbonyl (C=O) groups is 1. The van der Waals surface area contributed by atoms with Gasteiger partial charge in [-0.05, 0) is 36.4 Å². The van der Waals surface area contributed by atoms with Crippen molar-refractivity contribution in [2.75, 3.05) is 24.4 Å². The number of nitrogens with one attached hydrogen (secondary N) is 2. The van der Waals surface area contributed by atoms with Gasteiger partial charge in [-0.25, -0.2) is 0 Å². The molecule has 0 saturated heterocycles. The Kier molecular flexibility index (Phi) is 6.00. The highest BCUT2D eigenvalue weighted by Gasteiger charge is 2.09. The molecule has 0 radical (unpaired) electrons. The van der Waals surface area contributed by atoms with Crippen molar-refractivity contribution < 1.29 is 14.3 Å². The number of hydrogen-bond donors (Lipinski definition) is 2. The normalized spacial score (nSPS) is 9.86. The summed E-state index contributed by atoms with van der Waals surface area (Å²) >= 11 is 0. The van der Waals surface area contributed by atoms with Crippen LogP contribution in [-0.2, 0) is 4.79 Å². The summed E-state index contributed by atoms with van der Waals surface area (Å²) in [5.41, 5.74) is 1.12. The van der Waals surface area contributed by atoms with E-state index in [0.29, 0.717) is 28.6 Å². The van der Waals surface area contributed by atoms with Crippen molar-refractivity contribution in [3.63, 3.8) is 0 Å². The Hall–Kier alpha value is -4.12. The fourth-order valence-corrected chi connectivity index (χ4v) is 2.35. The highest BCUT2D eigenvalue weighted by molar-refractivity contribution is 5.91. The molecule has 3 rings (SSSR count). The highest BCUT2D eigenvalue weighted by atomic mass is 16.5. The molecule has 140 valence electrons. The Bertz CT molecular complexity index is 999. The molecule has 0 aliphatic rings. The van der Waals surface area contributed by atoms with E-state index in [2.05, 4.69) is 26.9 Å². The van der Waals surface area contributed by atoms with E-state index in [1.165, 1.54) is 7.11 Å². The minimum absolute atomic E-state index is 0.197. The molecule has 0 aliphatic carbocycles. The van der Waals surface area contributed by atoms with Crippen molar-refractivity contribution in [3.05, 3.63) is 66.2 Å². The maximum Gasteiger partial charge on any atom is 0.263 e. The van der Waals surface area contributed by atoms with Gasteiger partial charge in [-0.2, -0.15) is 5.26 Å². The highest BCUT2D eigenvalue weighted by Crippen LogP contribution is 2.25. The largest absolute Gasteiger partial charge is 0.493 e. The number of carbonyl (C=O) groups excluding carboxylic acids is 1. The quantitative estimate of drug-likeness (QED) is 0.653.